The van der Waals surface area contributed by atoms with Crippen molar-refractivity contribution in [3.8, 4) is 0 Å². The van der Waals surface area contributed by atoms with E-state index >= 15 is 0 Å². The van der Waals surface area contributed by atoms with Crippen LogP contribution in [0.5, 0.6) is 0 Å². The van der Waals surface area contributed by atoms with E-state index in [0.717, 1.165) is 10.0 Å². The number of nitrogens with zero attached hydrogens (tertiary/aromatic N) is 3. The Labute approximate surface area is 119 Å². The molecule has 0 spiro atoms. The highest BCUT2D eigenvalue weighted by molar-refractivity contribution is 8.00. The van der Waals surface area contributed by atoms with Gasteiger partial charge in [0.25, 0.3) is 0 Å². The third-order valence-corrected chi connectivity index (χ3v) is 3.98. The summed E-state index contributed by atoms with van der Waals surface area (Å²) in [5.74, 6) is -0.952. The Bertz CT molecular complexity index is 592. The molecule has 100 valence electrons. The van der Waals surface area contributed by atoms with Crippen LogP contribution in [0.25, 0.3) is 0 Å². The molecule has 1 N–H and O–H groups in total. The largest absolute Gasteiger partial charge is 0.478 e. The Balaban J connectivity index is 2.42. The highest BCUT2D eigenvalue weighted by atomic mass is 32.2. The van der Waals surface area contributed by atoms with Crippen LogP contribution in [-0.2, 0) is 5.41 Å². The van der Waals surface area contributed by atoms with Crippen molar-refractivity contribution in [3.05, 3.63) is 29.7 Å². The van der Waals surface area contributed by atoms with E-state index in [9.17, 15) is 4.79 Å². The van der Waals surface area contributed by atoms with Crippen LogP contribution in [0.3, 0.4) is 0 Å². The molecule has 0 aromatic carbocycles. The van der Waals surface area contributed by atoms with Gasteiger partial charge in [-0.1, -0.05) is 20.8 Å². The molecule has 0 bridgehead atoms. The molecule has 2 aromatic heterocycles. The molecule has 19 heavy (non-hydrogen) atoms. The number of pyridine rings is 1. The van der Waals surface area contributed by atoms with Gasteiger partial charge in [0.15, 0.2) is 4.34 Å². The van der Waals surface area contributed by atoms with Gasteiger partial charge in [-0.2, -0.15) is 4.37 Å². The van der Waals surface area contributed by atoms with Crippen LogP contribution in [0.15, 0.2) is 27.8 Å². The van der Waals surface area contributed by atoms with Crippen molar-refractivity contribution in [1.29, 1.82) is 0 Å². The summed E-state index contributed by atoms with van der Waals surface area (Å²) in [5, 5.41) is 9.79. The maximum absolute atomic E-state index is 11.2. The van der Waals surface area contributed by atoms with Crippen molar-refractivity contribution in [2.75, 3.05) is 0 Å². The zero-order valence-corrected chi connectivity index (χ0v) is 12.4. The molecule has 0 saturated carbocycles. The monoisotopic (exact) mass is 295 g/mol. The smallest absolute Gasteiger partial charge is 0.335 e. The van der Waals surface area contributed by atoms with E-state index in [-0.39, 0.29) is 11.0 Å². The fourth-order valence-corrected chi connectivity index (χ4v) is 2.78. The average Bonchev–Trinajstić information content (AvgIpc) is 2.80. The first kappa shape index (κ1) is 14.0. The summed E-state index contributed by atoms with van der Waals surface area (Å²) in [4.78, 5) is 19.7. The number of carboxylic acids is 1. The molecule has 0 unspecified atom stereocenters. The first-order valence-electron chi connectivity index (χ1n) is 5.56. The number of aromatic carboxylic acids is 1. The van der Waals surface area contributed by atoms with Crippen molar-refractivity contribution in [2.24, 2.45) is 0 Å². The lowest BCUT2D eigenvalue weighted by Crippen LogP contribution is -2.15. The maximum atomic E-state index is 11.2. The molecular weight excluding hydrogens is 282 g/mol. The second-order valence-electron chi connectivity index (χ2n) is 4.94. The molecule has 2 rings (SSSR count). The van der Waals surface area contributed by atoms with Gasteiger partial charge in [0.1, 0.15) is 11.4 Å². The van der Waals surface area contributed by atoms with Crippen LogP contribution in [0.4, 0.5) is 0 Å². The molecular formula is C12H13N3O2S2. The van der Waals surface area contributed by atoms with E-state index in [0.29, 0.717) is 5.03 Å². The van der Waals surface area contributed by atoms with E-state index in [1.54, 1.807) is 12.1 Å². The van der Waals surface area contributed by atoms with Gasteiger partial charge >= 0.3 is 5.97 Å². The van der Waals surface area contributed by atoms with Gasteiger partial charge in [0, 0.05) is 11.1 Å². The SMILES string of the molecule is CC(C)(C)c1cc(C(=O)O)cc(Sc2ncns2)n1. The number of hydrogen-bond acceptors (Lipinski definition) is 6. The minimum Gasteiger partial charge on any atom is -0.478 e. The topological polar surface area (TPSA) is 76.0 Å². The van der Waals surface area contributed by atoms with E-state index in [2.05, 4.69) is 14.3 Å². The van der Waals surface area contributed by atoms with Crippen molar-refractivity contribution in [1.82, 2.24) is 14.3 Å². The number of carboxylic acid groups (broad SMARTS) is 1. The zero-order valence-electron chi connectivity index (χ0n) is 10.7. The third-order valence-electron chi connectivity index (χ3n) is 2.35. The summed E-state index contributed by atoms with van der Waals surface area (Å²) >= 11 is 2.59. The molecule has 0 aliphatic rings. The lowest BCUT2D eigenvalue weighted by atomic mass is 9.91. The van der Waals surface area contributed by atoms with Crippen molar-refractivity contribution < 1.29 is 9.90 Å². The molecule has 0 amide bonds. The molecule has 0 fully saturated rings. The van der Waals surface area contributed by atoms with Crippen LogP contribution in [-0.4, -0.2) is 25.4 Å². The second kappa shape index (κ2) is 5.26. The quantitative estimate of drug-likeness (QED) is 0.937. The van der Waals surface area contributed by atoms with Gasteiger partial charge in [0.2, 0.25) is 0 Å². The summed E-state index contributed by atoms with van der Waals surface area (Å²) in [6.45, 7) is 6.00. The zero-order chi connectivity index (χ0) is 14.0. The first-order valence-corrected chi connectivity index (χ1v) is 7.15. The van der Waals surface area contributed by atoms with Gasteiger partial charge in [-0.05, 0) is 35.4 Å². The van der Waals surface area contributed by atoms with Crippen LogP contribution >= 0.6 is 23.3 Å². The fourth-order valence-electron chi connectivity index (χ4n) is 1.36. The predicted octanol–water partition coefficient (Wildman–Crippen LogP) is 3.08. The fraction of sp³-hybridized carbons (Fsp3) is 0.333. The van der Waals surface area contributed by atoms with Gasteiger partial charge < -0.3 is 5.11 Å². The van der Waals surface area contributed by atoms with E-state index in [1.807, 2.05) is 20.8 Å². The summed E-state index contributed by atoms with van der Waals surface area (Å²) < 4.78 is 4.66. The lowest BCUT2D eigenvalue weighted by molar-refractivity contribution is 0.0696. The Morgan fingerprint density at radius 2 is 2.11 bits per heavy atom. The van der Waals surface area contributed by atoms with E-state index < -0.39 is 5.97 Å². The minimum absolute atomic E-state index is 0.206. The Morgan fingerprint density at radius 1 is 1.37 bits per heavy atom. The number of carbonyl (C=O) groups is 1. The van der Waals surface area contributed by atoms with Crippen molar-refractivity contribution in [3.63, 3.8) is 0 Å². The van der Waals surface area contributed by atoms with Crippen LogP contribution < -0.4 is 0 Å². The number of hydrogen-bond donors (Lipinski definition) is 1. The first-order chi connectivity index (χ1) is 8.86. The molecule has 0 aliphatic carbocycles. The molecule has 0 radical (unpaired) electrons. The van der Waals surface area contributed by atoms with Crippen LogP contribution in [0.2, 0.25) is 0 Å². The van der Waals surface area contributed by atoms with Gasteiger partial charge in [0.05, 0.1) is 5.56 Å². The summed E-state index contributed by atoms with van der Waals surface area (Å²) in [6, 6.07) is 3.18. The summed E-state index contributed by atoms with van der Waals surface area (Å²) in [6.07, 6.45) is 1.47. The molecule has 7 heteroatoms. The number of aromatic nitrogens is 3. The van der Waals surface area contributed by atoms with Crippen LogP contribution in [0.1, 0.15) is 36.8 Å². The van der Waals surface area contributed by atoms with Gasteiger partial charge in [-0.3, -0.25) is 0 Å². The van der Waals surface area contributed by atoms with Crippen molar-refractivity contribution >= 4 is 29.3 Å². The van der Waals surface area contributed by atoms with E-state index in [4.69, 9.17) is 5.11 Å². The lowest BCUT2D eigenvalue weighted by Gasteiger charge is -2.18. The Kier molecular flexibility index (Phi) is 3.86. The van der Waals surface area contributed by atoms with Crippen molar-refractivity contribution in [2.45, 2.75) is 35.6 Å². The Morgan fingerprint density at radius 3 is 2.63 bits per heavy atom. The third kappa shape index (κ3) is 3.51. The minimum atomic E-state index is -0.952. The predicted molar refractivity (Wildman–Crippen MR) is 73.9 cm³/mol. The molecule has 2 aromatic rings. The Hall–Kier alpha value is -1.47. The molecule has 2 heterocycles. The molecule has 0 saturated heterocycles. The standard InChI is InChI=1S/C12H13N3O2S2/c1-12(2,3)8-4-7(10(16)17)5-9(15-8)18-11-13-6-14-19-11/h4-6H,1-3H3,(H,16,17). The number of rotatable bonds is 3. The average molecular weight is 295 g/mol. The molecule has 0 aliphatic heterocycles. The summed E-state index contributed by atoms with van der Waals surface area (Å²) in [7, 11) is 0. The van der Waals surface area contributed by atoms with Gasteiger partial charge in [-0.25, -0.2) is 14.8 Å². The highest BCUT2D eigenvalue weighted by Crippen LogP contribution is 2.30. The highest BCUT2D eigenvalue weighted by Gasteiger charge is 2.19. The molecule has 0 atom stereocenters. The molecule has 5 nitrogen and oxygen atoms in total. The maximum Gasteiger partial charge on any atom is 0.335 e. The normalized spacial score (nSPS) is 11.5. The van der Waals surface area contributed by atoms with Crippen LogP contribution in [0, 0.1) is 0 Å². The van der Waals surface area contributed by atoms with E-state index in [1.165, 1.54) is 29.6 Å². The summed E-state index contributed by atoms with van der Waals surface area (Å²) in [5.41, 5.74) is 0.786. The second-order valence-corrected chi connectivity index (χ2v) is 6.99. The van der Waals surface area contributed by atoms with Gasteiger partial charge in [-0.15, -0.1) is 0 Å².